The second-order valence-electron chi connectivity index (χ2n) is 4.97. The van der Waals surface area contributed by atoms with Gasteiger partial charge in [-0.3, -0.25) is 14.2 Å². The largest absolute Gasteiger partial charge is 0.310 e. The molecule has 0 radical (unpaired) electrons. The molecule has 0 saturated carbocycles. The van der Waals surface area contributed by atoms with Gasteiger partial charge in [-0.25, -0.2) is 4.98 Å². The van der Waals surface area contributed by atoms with Crippen molar-refractivity contribution in [3.05, 3.63) is 22.2 Å². The van der Waals surface area contributed by atoms with E-state index in [1.165, 1.54) is 6.33 Å². The molecule has 5 heteroatoms. The van der Waals surface area contributed by atoms with Gasteiger partial charge < -0.3 is 5.32 Å². The molecule has 1 N–H and O–H groups in total. The Labute approximate surface area is 93.5 Å². The Kier molecular flexibility index (Phi) is 2.33. The minimum Gasteiger partial charge on any atom is -0.310 e. The van der Waals surface area contributed by atoms with Crippen LogP contribution in [0.5, 0.6) is 0 Å². The molecule has 0 bridgehead atoms. The van der Waals surface area contributed by atoms with E-state index >= 15 is 0 Å². The number of nitrogens with zero attached hydrogens (tertiary/aromatic N) is 2. The van der Waals surface area contributed by atoms with E-state index in [9.17, 15) is 9.59 Å². The number of amides is 1. The molecule has 0 atom stereocenters. The van der Waals surface area contributed by atoms with Crippen molar-refractivity contribution in [2.75, 3.05) is 5.32 Å². The fourth-order valence-corrected chi connectivity index (χ4v) is 1.74. The van der Waals surface area contributed by atoms with Gasteiger partial charge in [0, 0.05) is 12.0 Å². The van der Waals surface area contributed by atoms with E-state index in [4.69, 9.17) is 0 Å². The predicted octanol–water partition coefficient (Wildman–Crippen LogP) is 0.883. The highest BCUT2D eigenvalue weighted by atomic mass is 16.2. The van der Waals surface area contributed by atoms with Gasteiger partial charge in [0.05, 0.1) is 5.56 Å². The van der Waals surface area contributed by atoms with Crippen molar-refractivity contribution in [2.24, 2.45) is 0 Å². The lowest BCUT2D eigenvalue weighted by molar-refractivity contribution is -0.116. The summed E-state index contributed by atoms with van der Waals surface area (Å²) in [6.07, 6.45) is 2.33. The Morgan fingerprint density at radius 2 is 2.00 bits per heavy atom. The number of nitrogens with one attached hydrogen (secondary N) is 1. The molecule has 1 aromatic heterocycles. The Hall–Kier alpha value is -1.65. The van der Waals surface area contributed by atoms with Crippen LogP contribution in [0, 0.1) is 0 Å². The van der Waals surface area contributed by atoms with Gasteiger partial charge >= 0.3 is 0 Å². The van der Waals surface area contributed by atoms with Crippen LogP contribution in [-0.4, -0.2) is 15.5 Å². The minimum absolute atomic E-state index is 0.0579. The molecule has 2 heterocycles. The van der Waals surface area contributed by atoms with Crippen molar-refractivity contribution in [1.29, 1.82) is 0 Å². The van der Waals surface area contributed by atoms with Crippen LogP contribution in [-0.2, 0) is 16.8 Å². The zero-order valence-corrected chi connectivity index (χ0v) is 9.70. The first-order valence-electron chi connectivity index (χ1n) is 5.30. The SMILES string of the molecule is CC(C)(C)n1cnc2c(c1=O)CCC(=O)N2. The molecular formula is C11H15N3O2. The molecule has 1 amide bonds. The lowest BCUT2D eigenvalue weighted by atomic mass is 10.1. The summed E-state index contributed by atoms with van der Waals surface area (Å²) >= 11 is 0. The summed E-state index contributed by atoms with van der Waals surface area (Å²) in [5.74, 6) is 0.342. The molecule has 1 aromatic rings. The topological polar surface area (TPSA) is 64.0 Å². The van der Waals surface area contributed by atoms with E-state index in [1.54, 1.807) is 4.57 Å². The molecular weight excluding hydrogens is 206 g/mol. The van der Waals surface area contributed by atoms with Crippen LogP contribution in [0.4, 0.5) is 5.82 Å². The number of aromatic nitrogens is 2. The average molecular weight is 221 g/mol. The molecule has 1 aliphatic heterocycles. The zero-order chi connectivity index (χ0) is 11.9. The van der Waals surface area contributed by atoms with Gasteiger partial charge in [-0.2, -0.15) is 0 Å². The maximum Gasteiger partial charge on any atom is 0.259 e. The van der Waals surface area contributed by atoms with Crippen molar-refractivity contribution in [3.8, 4) is 0 Å². The van der Waals surface area contributed by atoms with Crippen molar-refractivity contribution in [1.82, 2.24) is 9.55 Å². The summed E-state index contributed by atoms with van der Waals surface area (Å²) in [6, 6.07) is 0. The molecule has 0 aromatic carbocycles. The number of fused-ring (bicyclic) bond motifs is 1. The summed E-state index contributed by atoms with van der Waals surface area (Å²) in [4.78, 5) is 27.4. The molecule has 16 heavy (non-hydrogen) atoms. The molecule has 1 aliphatic rings. The lowest BCUT2D eigenvalue weighted by Gasteiger charge is -2.24. The van der Waals surface area contributed by atoms with Gasteiger partial charge in [-0.05, 0) is 27.2 Å². The zero-order valence-electron chi connectivity index (χ0n) is 9.70. The van der Waals surface area contributed by atoms with Gasteiger partial charge in [0.15, 0.2) is 0 Å². The summed E-state index contributed by atoms with van der Waals surface area (Å²) in [7, 11) is 0. The average Bonchev–Trinajstić information content (AvgIpc) is 2.15. The third-order valence-electron chi connectivity index (χ3n) is 2.65. The summed E-state index contributed by atoms with van der Waals surface area (Å²) in [5, 5.41) is 2.62. The van der Waals surface area contributed by atoms with E-state index in [0.29, 0.717) is 24.2 Å². The van der Waals surface area contributed by atoms with Crippen LogP contribution in [0.1, 0.15) is 32.8 Å². The van der Waals surface area contributed by atoms with Crippen LogP contribution in [0.3, 0.4) is 0 Å². The summed E-state index contributed by atoms with van der Waals surface area (Å²) in [6.45, 7) is 5.84. The molecule has 0 spiro atoms. The van der Waals surface area contributed by atoms with E-state index in [0.717, 1.165) is 0 Å². The van der Waals surface area contributed by atoms with Crippen LogP contribution < -0.4 is 10.9 Å². The first kappa shape index (κ1) is 10.9. The Morgan fingerprint density at radius 3 is 2.62 bits per heavy atom. The van der Waals surface area contributed by atoms with Gasteiger partial charge in [-0.15, -0.1) is 0 Å². The number of hydrogen-bond donors (Lipinski definition) is 1. The van der Waals surface area contributed by atoms with Gasteiger partial charge in [0.1, 0.15) is 12.1 Å². The third kappa shape index (κ3) is 1.73. The number of anilines is 1. The maximum absolute atomic E-state index is 12.1. The monoisotopic (exact) mass is 221 g/mol. The predicted molar refractivity (Wildman–Crippen MR) is 60.4 cm³/mol. The standard InChI is InChI=1S/C11H15N3O2/c1-11(2,3)14-6-12-9-7(10(14)16)4-5-8(15)13-9/h6H,4-5H2,1-3H3,(H,13,15). The van der Waals surface area contributed by atoms with Crippen molar-refractivity contribution < 1.29 is 4.79 Å². The van der Waals surface area contributed by atoms with Gasteiger partial charge in [0.2, 0.25) is 5.91 Å². The van der Waals surface area contributed by atoms with E-state index in [-0.39, 0.29) is 17.0 Å². The van der Waals surface area contributed by atoms with Crippen LogP contribution in [0.15, 0.2) is 11.1 Å². The Bertz CT molecular complexity index is 497. The number of carbonyl (C=O) groups excluding carboxylic acids is 1. The maximum atomic E-state index is 12.1. The second kappa shape index (κ2) is 3.43. The minimum atomic E-state index is -0.291. The highest BCUT2D eigenvalue weighted by Crippen LogP contribution is 2.18. The number of hydrogen-bond acceptors (Lipinski definition) is 3. The Morgan fingerprint density at radius 1 is 1.31 bits per heavy atom. The first-order valence-corrected chi connectivity index (χ1v) is 5.30. The number of carbonyl (C=O) groups is 1. The molecule has 0 aliphatic carbocycles. The quantitative estimate of drug-likeness (QED) is 0.707. The molecule has 0 saturated heterocycles. The van der Waals surface area contributed by atoms with Gasteiger partial charge in [-0.1, -0.05) is 0 Å². The highest BCUT2D eigenvalue weighted by molar-refractivity contribution is 5.92. The van der Waals surface area contributed by atoms with E-state index < -0.39 is 0 Å². The molecule has 2 rings (SSSR count). The summed E-state index contributed by atoms with van der Waals surface area (Å²) in [5.41, 5.74) is 0.259. The van der Waals surface area contributed by atoms with Crippen LogP contribution >= 0.6 is 0 Å². The summed E-state index contributed by atoms with van der Waals surface area (Å²) < 4.78 is 1.60. The number of rotatable bonds is 0. The van der Waals surface area contributed by atoms with Crippen LogP contribution in [0.25, 0.3) is 0 Å². The highest BCUT2D eigenvalue weighted by Gasteiger charge is 2.23. The van der Waals surface area contributed by atoms with Crippen molar-refractivity contribution >= 4 is 11.7 Å². The fraction of sp³-hybridized carbons (Fsp3) is 0.545. The molecule has 86 valence electrons. The van der Waals surface area contributed by atoms with Gasteiger partial charge in [0.25, 0.3) is 5.56 Å². The van der Waals surface area contributed by atoms with Crippen molar-refractivity contribution in [2.45, 2.75) is 39.2 Å². The van der Waals surface area contributed by atoms with E-state index in [2.05, 4.69) is 10.3 Å². The fourth-order valence-electron chi connectivity index (χ4n) is 1.74. The smallest absolute Gasteiger partial charge is 0.259 e. The first-order chi connectivity index (χ1) is 7.39. The van der Waals surface area contributed by atoms with Crippen LogP contribution in [0.2, 0.25) is 0 Å². The normalized spacial score (nSPS) is 15.6. The molecule has 0 fully saturated rings. The third-order valence-corrected chi connectivity index (χ3v) is 2.65. The molecule has 5 nitrogen and oxygen atoms in total. The van der Waals surface area contributed by atoms with Crippen molar-refractivity contribution in [3.63, 3.8) is 0 Å². The lowest BCUT2D eigenvalue weighted by Crippen LogP contribution is -2.38. The Balaban J connectivity index is 2.57. The van der Waals surface area contributed by atoms with E-state index in [1.807, 2.05) is 20.8 Å². The second-order valence-corrected chi connectivity index (χ2v) is 4.97. The molecule has 0 unspecified atom stereocenters.